The third kappa shape index (κ3) is 10.3. The molecule has 2 amide bonds. The van der Waals surface area contributed by atoms with Crippen molar-refractivity contribution in [3.8, 4) is 17.2 Å². The third-order valence-corrected chi connectivity index (χ3v) is 8.60. The van der Waals surface area contributed by atoms with Crippen LogP contribution in [0, 0.1) is 0 Å². The quantitative estimate of drug-likeness (QED) is 0.0720. The molecule has 0 saturated heterocycles. The zero-order chi connectivity index (χ0) is 37.7. The maximum Gasteiger partial charge on any atom is 0.419 e. The van der Waals surface area contributed by atoms with Crippen LogP contribution in [0.25, 0.3) is 0 Å². The van der Waals surface area contributed by atoms with E-state index in [2.05, 4.69) is 5.32 Å². The number of rotatable bonds is 14. The van der Waals surface area contributed by atoms with E-state index in [9.17, 15) is 14.4 Å². The van der Waals surface area contributed by atoms with Crippen molar-refractivity contribution < 1.29 is 28.6 Å². The second-order valence-electron chi connectivity index (χ2n) is 12.9. The molecule has 54 heavy (non-hydrogen) atoms. The van der Waals surface area contributed by atoms with Gasteiger partial charge in [-0.2, -0.15) is 0 Å². The maximum absolute atomic E-state index is 13.5. The van der Waals surface area contributed by atoms with Gasteiger partial charge in [0.05, 0.1) is 12.3 Å². The molecule has 1 aliphatic rings. The number of fused-ring (bicyclic) bond motifs is 1. The van der Waals surface area contributed by atoms with E-state index in [0.717, 1.165) is 22.4 Å². The average Bonchev–Trinajstić information content (AvgIpc) is 3.18. The number of carbonyl (C=O) groups excluding carboxylic acids is 3. The molecule has 0 atom stereocenters. The van der Waals surface area contributed by atoms with Crippen molar-refractivity contribution in [2.75, 3.05) is 32.1 Å². The number of carbonyl (C=O) groups is 3. The Kier molecular flexibility index (Phi) is 12.5. The number of esters is 1. The summed E-state index contributed by atoms with van der Waals surface area (Å²) in [6.45, 7) is 1.30. The molecule has 276 valence electrons. The predicted molar refractivity (Wildman–Crippen MR) is 208 cm³/mol. The molecule has 0 aromatic heterocycles. The Morgan fingerprint density at radius 2 is 1.33 bits per heavy atom. The van der Waals surface area contributed by atoms with Gasteiger partial charge in [0, 0.05) is 45.7 Å². The average molecular weight is 726 g/mol. The summed E-state index contributed by atoms with van der Waals surface area (Å²) in [7, 11) is 3.73. The molecule has 1 N–H and O–H groups in total. The summed E-state index contributed by atoms with van der Waals surface area (Å²) >= 11 is 0. The molecular formula is C43H43N5O6. The van der Waals surface area contributed by atoms with Gasteiger partial charge in [0.1, 0.15) is 23.7 Å². The minimum atomic E-state index is -0.771. The molecule has 0 saturated carbocycles. The fourth-order valence-electron chi connectivity index (χ4n) is 5.97. The Bertz CT molecular complexity index is 2020. The Balaban J connectivity index is 1.14. The van der Waals surface area contributed by atoms with E-state index < -0.39 is 12.1 Å². The first-order valence-electron chi connectivity index (χ1n) is 17.8. The van der Waals surface area contributed by atoms with Crippen LogP contribution < -0.4 is 24.4 Å². The monoisotopic (exact) mass is 725 g/mol. The predicted octanol–water partition coefficient (Wildman–Crippen LogP) is 7.34. The van der Waals surface area contributed by atoms with Crippen LogP contribution >= 0.6 is 0 Å². The molecule has 0 aliphatic carbocycles. The highest BCUT2D eigenvalue weighted by Gasteiger charge is 2.27. The lowest BCUT2D eigenvalue weighted by Crippen LogP contribution is -2.48. The largest absolute Gasteiger partial charge is 0.491 e. The van der Waals surface area contributed by atoms with Gasteiger partial charge in [-0.1, -0.05) is 103 Å². The fraction of sp³-hybridized carbons (Fsp3) is 0.209. The van der Waals surface area contributed by atoms with E-state index in [0.29, 0.717) is 48.9 Å². The Morgan fingerprint density at radius 3 is 2.00 bits per heavy atom. The Morgan fingerprint density at radius 1 is 0.722 bits per heavy atom. The van der Waals surface area contributed by atoms with E-state index in [1.165, 1.54) is 0 Å². The number of hydrogen-bond donors (Lipinski definition) is 1. The van der Waals surface area contributed by atoms with E-state index in [1.54, 1.807) is 47.4 Å². The van der Waals surface area contributed by atoms with Gasteiger partial charge in [0.15, 0.2) is 5.75 Å². The number of hydrogen-bond acceptors (Lipinski definition) is 9. The highest BCUT2D eigenvalue weighted by molar-refractivity contribution is 5.98. The molecule has 0 unspecified atom stereocenters. The van der Waals surface area contributed by atoms with Crippen LogP contribution in [-0.2, 0) is 29.2 Å². The summed E-state index contributed by atoms with van der Waals surface area (Å²) in [5.41, 5.74) is 4.16. The van der Waals surface area contributed by atoms with Gasteiger partial charge in [-0.25, -0.2) is 14.6 Å². The van der Waals surface area contributed by atoms with Crippen LogP contribution in [0.4, 0.5) is 16.2 Å². The van der Waals surface area contributed by atoms with Crippen molar-refractivity contribution in [1.82, 2.24) is 15.1 Å². The number of nitrogens with zero attached hydrogens (tertiary/aromatic N) is 4. The molecule has 0 spiro atoms. The van der Waals surface area contributed by atoms with Crippen molar-refractivity contribution in [2.24, 2.45) is 4.99 Å². The van der Waals surface area contributed by atoms with E-state index in [4.69, 9.17) is 19.2 Å². The highest BCUT2D eigenvalue weighted by Crippen LogP contribution is 2.36. The lowest BCUT2D eigenvalue weighted by molar-refractivity contribution is -0.135. The van der Waals surface area contributed by atoms with Crippen molar-refractivity contribution in [2.45, 2.75) is 32.5 Å². The zero-order valence-corrected chi connectivity index (χ0v) is 30.4. The zero-order valence-electron chi connectivity index (χ0n) is 30.4. The molecular weight excluding hydrogens is 683 g/mol. The number of para-hydroxylation sites is 4. The van der Waals surface area contributed by atoms with E-state index >= 15 is 0 Å². The Hall–Kier alpha value is -6.62. The molecule has 0 radical (unpaired) electrons. The topological polar surface area (TPSA) is 113 Å². The minimum Gasteiger partial charge on any atom is -0.491 e. The Labute approximate surface area is 315 Å². The van der Waals surface area contributed by atoms with Crippen LogP contribution in [0.2, 0.25) is 0 Å². The molecule has 5 aromatic rings. The lowest BCUT2D eigenvalue weighted by atomic mass is 10.1. The fourth-order valence-corrected chi connectivity index (χ4v) is 5.97. The summed E-state index contributed by atoms with van der Waals surface area (Å²) in [6.07, 6.45) is 0.00281. The SMILES string of the molecule is CN(C)c1ccccc1OC(=O)CN1Cc2cccc(OCCCC(=O)N(Cc3ccccc3)Cc3ccccc3)c2N=C1NC(=O)Oc1ccccc1. The number of anilines is 1. The van der Waals surface area contributed by atoms with E-state index in [-0.39, 0.29) is 31.6 Å². The van der Waals surface area contributed by atoms with Crippen molar-refractivity contribution in [1.29, 1.82) is 0 Å². The van der Waals surface area contributed by atoms with Crippen LogP contribution in [0.15, 0.2) is 138 Å². The van der Waals surface area contributed by atoms with Gasteiger partial charge in [-0.15, -0.1) is 0 Å². The maximum atomic E-state index is 13.5. The molecule has 0 fully saturated rings. The van der Waals surface area contributed by atoms with Gasteiger partial charge in [-0.05, 0) is 47.9 Å². The number of benzene rings is 5. The lowest BCUT2D eigenvalue weighted by Gasteiger charge is -2.30. The summed E-state index contributed by atoms with van der Waals surface area (Å²) < 4.78 is 17.5. The van der Waals surface area contributed by atoms with Gasteiger partial charge >= 0.3 is 12.1 Å². The van der Waals surface area contributed by atoms with Gasteiger partial charge < -0.3 is 28.9 Å². The smallest absolute Gasteiger partial charge is 0.419 e. The first-order valence-corrected chi connectivity index (χ1v) is 17.8. The van der Waals surface area contributed by atoms with Gasteiger partial charge in [0.25, 0.3) is 0 Å². The molecule has 5 aromatic carbocycles. The third-order valence-electron chi connectivity index (χ3n) is 8.60. The number of aliphatic imine (C=N–C) groups is 1. The van der Waals surface area contributed by atoms with Crippen LogP contribution in [-0.4, -0.2) is 61.0 Å². The minimum absolute atomic E-state index is 0.0264. The van der Waals surface area contributed by atoms with Gasteiger partial charge in [-0.3, -0.25) is 10.1 Å². The number of guanidine groups is 1. The standard InChI is InChI=1S/C43H43N5O6/c1-46(2)36-23-12-13-24-37(36)54-40(50)31-48-30-34-20-14-25-38(41(34)44-42(48)45-43(51)53-35-21-10-5-11-22-35)52-27-15-26-39(49)47(28-32-16-6-3-7-17-32)29-33-18-8-4-9-19-33/h3-14,16-25H,15,26-31H2,1-2H3,(H,44,45,51). The van der Waals surface area contributed by atoms with Crippen LogP contribution in [0.5, 0.6) is 17.2 Å². The summed E-state index contributed by atoms with van der Waals surface area (Å²) in [5, 5.41) is 2.71. The second-order valence-corrected chi connectivity index (χ2v) is 12.9. The molecule has 1 aliphatic heterocycles. The molecule has 0 bridgehead atoms. The summed E-state index contributed by atoms with van der Waals surface area (Å²) in [5.74, 6) is 0.844. The highest BCUT2D eigenvalue weighted by atomic mass is 16.6. The number of ether oxygens (including phenoxy) is 3. The first-order chi connectivity index (χ1) is 26.3. The number of nitrogens with one attached hydrogen (secondary N) is 1. The molecule has 11 heteroatoms. The van der Waals surface area contributed by atoms with Crippen LogP contribution in [0.1, 0.15) is 29.5 Å². The first kappa shape index (κ1) is 37.1. The normalized spacial score (nSPS) is 11.8. The van der Waals surface area contributed by atoms with Crippen molar-refractivity contribution in [3.63, 3.8) is 0 Å². The van der Waals surface area contributed by atoms with Crippen molar-refractivity contribution >= 4 is 35.3 Å². The molecule has 1 heterocycles. The number of amides is 2. The molecule has 11 nitrogen and oxygen atoms in total. The molecule has 6 rings (SSSR count). The second kappa shape index (κ2) is 18.2. The van der Waals surface area contributed by atoms with E-state index in [1.807, 2.05) is 115 Å². The summed E-state index contributed by atoms with van der Waals surface area (Å²) in [6, 6.07) is 41.3. The summed E-state index contributed by atoms with van der Waals surface area (Å²) in [4.78, 5) is 50.0. The van der Waals surface area contributed by atoms with Crippen molar-refractivity contribution in [3.05, 3.63) is 150 Å². The van der Waals surface area contributed by atoms with Crippen LogP contribution in [0.3, 0.4) is 0 Å². The van der Waals surface area contributed by atoms with Gasteiger partial charge in [0.2, 0.25) is 11.9 Å².